The molecule has 1 aromatic heterocycles. The summed E-state index contributed by atoms with van der Waals surface area (Å²) in [5.74, 6) is 1.19. The minimum atomic E-state index is -0.641. The molecule has 0 radical (unpaired) electrons. The maximum Gasteiger partial charge on any atom is 0.251 e. The molecule has 1 aliphatic heterocycles. The fraction of sp³-hybridized carbons (Fsp3) is 0.538. The molecule has 13 nitrogen and oxygen atoms in total. The van der Waals surface area contributed by atoms with Gasteiger partial charge in [0.2, 0.25) is 11.8 Å². The molecule has 0 spiro atoms. The molecule has 2 atom stereocenters. The quantitative estimate of drug-likeness (QED) is 0.167. The first-order chi connectivity index (χ1) is 25.4. The Balaban J connectivity index is 1.16. The molecular formula is C39H53N7O6. The highest BCUT2D eigenvalue weighted by Gasteiger charge is 2.32. The Kier molecular flexibility index (Phi) is 14.6. The molecule has 1 aliphatic carbocycles. The van der Waals surface area contributed by atoms with Gasteiger partial charge in [0.05, 0.1) is 26.0 Å². The van der Waals surface area contributed by atoms with Crippen LogP contribution in [0.4, 0.5) is 0 Å². The van der Waals surface area contributed by atoms with Crippen LogP contribution in [0.3, 0.4) is 0 Å². The molecule has 1 saturated heterocycles. The number of methoxy groups -OCH3 is 1. The normalized spacial score (nSPS) is 16.9. The maximum atomic E-state index is 13.7. The Labute approximate surface area is 306 Å². The second-order valence-electron chi connectivity index (χ2n) is 13.6. The first kappa shape index (κ1) is 38.5. The molecule has 2 heterocycles. The van der Waals surface area contributed by atoms with Gasteiger partial charge < -0.3 is 35.1 Å². The fourth-order valence-corrected chi connectivity index (χ4v) is 7.18. The monoisotopic (exact) mass is 715 g/mol. The average Bonchev–Trinajstić information content (AvgIpc) is 3.64. The SMILES string of the molecule is CCOc1cc(OC)ccc1CNCC(=O)N1CCCC(c2cccc(C(=O)NC(C(=O)NCCc3cn(CCC=O)nn3)C3CCCCC3)c2)C1. The number of rotatable bonds is 18. The van der Waals surface area contributed by atoms with Crippen LogP contribution in [0.1, 0.15) is 91.4 Å². The molecule has 0 bridgehead atoms. The summed E-state index contributed by atoms with van der Waals surface area (Å²) in [5, 5.41) is 17.5. The summed E-state index contributed by atoms with van der Waals surface area (Å²) in [7, 11) is 1.62. The number of nitrogens with zero attached hydrogens (tertiary/aromatic N) is 4. The van der Waals surface area contributed by atoms with Crippen molar-refractivity contribution in [1.29, 1.82) is 0 Å². The fourth-order valence-electron chi connectivity index (χ4n) is 7.18. The number of amides is 3. The van der Waals surface area contributed by atoms with Crippen LogP contribution in [0.5, 0.6) is 11.5 Å². The van der Waals surface area contributed by atoms with Crippen molar-refractivity contribution in [2.75, 3.05) is 39.9 Å². The van der Waals surface area contributed by atoms with E-state index in [2.05, 4.69) is 26.3 Å². The van der Waals surface area contributed by atoms with E-state index in [0.717, 1.165) is 79.6 Å². The number of hydrogen-bond donors (Lipinski definition) is 3. The first-order valence-electron chi connectivity index (χ1n) is 18.7. The van der Waals surface area contributed by atoms with Gasteiger partial charge >= 0.3 is 0 Å². The van der Waals surface area contributed by atoms with E-state index in [-0.39, 0.29) is 36.1 Å². The van der Waals surface area contributed by atoms with Gasteiger partial charge in [-0.1, -0.05) is 42.7 Å². The van der Waals surface area contributed by atoms with Crippen LogP contribution in [0, 0.1) is 5.92 Å². The minimum Gasteiger partial charge on any atom is -0.497 e. The van der Waals surface area contributed by atoms with Crippen LogP contribution < -0.4 is 25.4 Å². The van der Waals surface area contributed by atoms with Crippen molar-refractivity contribution in [3.05, 3.63) is 71.0 Å². The number of carbonyl (C=O) groups is 4. The molecule has 2 unspecified atom stereocenters. The van der Waals surface area contributed by atoms with Gasteiger partial charge in [-0.3, -0.25) is 19.1 Å². The van der Waals surface area contributed by atoms with Crippen molar-refractivity contribution in [3.63, 3.8) is 0 Å². The molecule has 5 rings (SSSR count). The van der Waals surface area contributed by atoms with E-state index in [9.17, 15) is 19.2 Å². The molecule has 3 N–H and O–H groups in total. The van der Waals surface area contributed by atoms with Crippen LogP contribution in [0.15, 0.2) is 48.7 Å². The van der Waals surface area contributed by atoms with E-state index in [1.54, 1.807) is 24.1 Å². The van der Waals surface area contributed by atoms with Crippen molar-refractivity contribution in [2.24, 2.45) is 5.92 Å². The van der Waals surface area contributed by atoms with E-state index < -0.39 is 6.04 Å². The van der Waals surface area contributed by atoms with Crippen LogP contribution in [-0.4, -0.2) is 89.8 Å². The third kappa shape index (κ3) is 10.9. The number of nitrogens with one attached hydrogen (secondary N) is 3. The van der Waals surface area contributed by atoms with Crippen molar-refractivity contribution >= 4 is 24.0 Å². The lowest BCUT2D eigenvalue weighted by Gasteiger charge is -2.33. The number of carbonyl (C=O) groups excluding carboxylic acids is 4. The van der Waals surface area contributed by atoms with E-state index in [0.29, 0.717) is 57.7 Å². The minimum absolute atomic E-state index is 0.0360. The van der Waals surface area contributed by atoms with Gasteiger partial charge in [0, 0.05) is 74.9 Å². The van der Waals surface area contributed by atoms with Crippen LogP contribution in [-0.2, 0) is 33.9 Å². The topological polar surface area (TPSA) is 157 Å². The van der Waals surface area contributed by atoms with Gasteiger partial charge in [-0.15, -0.1) is 5.10 Å². The molecule has 2 aliphatic rings. The Bertz CT molecular complexity index is 1640. The lowest BCUT2D eigenvalue weighted by molar-refractivity contribution is -0.131. The zero-order valence-electron chi connectivity index (χ0n) is 30.5. The number of aryl methyl sites for hydroxylation is 1. The highest BCUT2D eigenvalue weighted by atomic mass is 16.5. The second-order valence-corrected chi connectivity index (χ2v) is 13.6. The van der Waals surface area contributed by atoms with Crippen LogP contribution >= 0.6 is 0 Å². The molecule has 1 saturated carbocycles. The number of hydrogen-bond acceptors (Lipinski definition) is 9. The predicted octanol–water partition coefficient (Wildman–Crippen LogP) is 3.81. The zero-order valence-corrected chi connectivity index (χ0v) is 30.5. The summed E-state index contributed by atoms with van der Waals surface area (Å²) >= 11 is 0. The Morgan fingerprint density at radius 1 is 1.06 bits per heavy atom. The summed E-state index contributed by atoms with van der Waals surface area (Å²) in [5.41, 5.74) is 3.20. The number of aldehydes is 1. The van der Waals surface area contributed by atoms with Gasteiger partial charge in [0.15, 0.2) is 0 Å². The molecule has 13 heteroatoms. The molecule has 280 valence electrons. The third-order valence-corrected chi connectivity index (χ3v) is 9.99. The smallest absolute Gasteiger partial charge is 0.251 e. The van der Waals surface area contributed by atoms with Gasteiger partial charge in [0.25, 0.3) is 5.91 Å². The van der Waals surface area contributed by atoms with Gasteiger partial charge in [0.1, 0.15) is 23.8 Å². The Morgan fingerprint density at radius 3 is 2.69 bits per heavy atom. The zero-order chi connectivity index (χ0) is 36.7. The van der Waals surface area contributed by atoms with E-state index in [1.165, 1.54) is 0 Å². The van der Waals surface area contributed by atoms with Crippen LogP contribution in [0.25, 0.3) is 0 Å². The van der Waals surface area contributed by atoms with Crippen molar-refractivity contribution in [1.82, 2.24) is 35.8 Å². The van der Waals surface area contributed by atoms with E-state index >= 15 is 0 Å². The Morgan fingerprint density at radius 2 is 1.90 bits per heavy atom. The Hall–Kier alpha value is -4.78. The molecular weight excluding hydrogens is 662 g/mol. The standard InChI is InChI=1S/C39H53N7O6/c1-3-52-35-23-34(51-2)16-15-31(35)24-40-25-36(48)45-19-8-14-32(26-45)29-12-7-13-30(22-29)38(49)42-37(28-10-5-4-6-11-28)39(50)41-18-17-33-27-46(44-43-33)20-9-21-47/h7,12-13,15-16,21-23,27-28,32,37,40H,3-6,8-11,14,17-20,24-26H2,1-2H3,(H,41,50)(H,42,49). The third-order valence-electron chi connectivity index (χ3n) is 9.99. The van der Waals surface area contributed by atoms with Crippen molar-refractivity contribution in [3.8, 4) is 11.5 Å². The lowest BCUT2D eigenvalue weighted by Crippen LogP contribution is -2.51. The van der Waals surface area contributed by atoms with Crippen molar-refractivity contribution in [2.45, 2.75) is 89.8 Å². The van der Waals surface area contributed by atoms with Crippen LogP contribution in [0.2, 0.25) is 0 Å². The molecule has 3 aromatic rings. The predicted molar refractivity (Wildman–Crippen MR) is 196 cm³/mol. The molecule has 2 aromatic carbocycles. The highest BCUT2D eigenvalue weighted by molar-refractivity contribution is 5.97. The summed E-state index contributed by atoms with van der Waals surface area (Å²) in [6.45, 7) is 5.27. The average molecular weight is 716 g/mol. The highest BCUT2D eigenvalue weighted by Crippen LogP contribution is 2.29. The molecule has 3 amide bonds. The summed E-state index contributed by atoms with van der Waals surface area (Å²) in [6.07, 6.45) is 10.3. The van der Waals surface area contributed by atoms with E-state index in [1.807, 2.05) is 48.2 Å². The largest absolute Gasteiger partial charge is 0.497 e. The first-order valence-corrected chi connectivity index (χ1v) is 18.7. The maximum absolute atomic E-state index is 13.7. The summed E-state index contributed by atoms with van der Waals surface area (Å²) < 4.78 is 12.7. The summed E-state index contributed by atoms with van der Waals surface area (Å²) in [6, 6.07) is 12.6. The lowest BCUT2D eigenvalue weighted by atomic mass is 9.83. The molecule has 52 heavy (non-hydrogen) atoms. The van der Waals surface area contributed by atoms with Crippen molar-refractivity contribution < 1.29 is 28.7 Å². The second kappa shape index (κ2) is 19.7. The number of benzene rings is 2. The number of aromatic nitrogens is 3. The molecule has 2 fully saturated rings. The number of likely N-dealkylation sites (tertiary alicyclic amines) is 1. The number of piperidine rings is 1. The van der Waals surface area contributed by atoms with Gasteiger partial charge in [-0.25, -0.2) is 0 Å². The van der Waals surface area contributed by atoms with Gasteiger partial charge in [-0.2, -0.15) is 0 Å². The van der Waals surface area contributed by atoms with E-state index in [4.69, 9.17) is 9.47 Å². The number of ether oxygens (including phenoxy) is 2. The summed E-state index contributed by atoms with van der Waals surface area (Å²) in [4.78, 5) is 53.1. The van der Waals surface area contributed by atoms with Gasteiger partial charge in [-0.05, 0) is 62.3 Å².